The molecular weight excluding hydrogens is 404 g/mol. The van der Waals surface area contributed by atoms with Crippen LogP contribution in [0.15, 0.2) is 66.5 Å². The van der Waals surface area contributed by atoms with E-state index in [4.69, 9.17) is 9.47 Å². The van der Waals surface area contributed by atoms with E-state index >= 15 is 0 Å². The van der Waals surface area contributed by atoms with Gasteiger partial charge >= 0.3 is 0 Å². The first-order valence-corrected chi connectivity index (χ1v) is 10.8. The Morgan fingerprint density at radius 2 is 2.06 bits per heavy atom. The molecule has 5 atom stereocenters. The van der Waals surface area contributed by atoms with Gasteiger partial charge in [0, 0.05) is 29.4 Å². The summed E-state index contributed by atoms with van der Waals surface area (Å²) < 4.78 is 12.4. The lowest BCUT2D eigenvalue weighted by Gasteiger charge is -2.52. The Kier molecular flexibility index (Phi) is 4.66. The lowest BCUT2D eigenvalue weighted by molar-refractivity contribution is -0.174. The second-order valence-electron chi connectivity index (χ2n) is 9.12. The van der Waals surface area contributed by atoms with Gasteiger partial charge in [-0.3, -0.25) is 4.98 Å². The number of allylic oxidation sites excluding steroid dienone is 3. The Labute approximate surface area is 187 Å². The number of ether oxygens (including phenoxy) is 2. The highest BCUT2D eigenvalue weighted by Crippen LogP contribution is 2.71. The van der Waals surface area contributed by atoms with Crippen molar-refractivity contribution in [3.8, 4) is 17.6 Å². The number of rotatable bonds is 4. The number of hydrogen-bond acceptors (Lipinski definition) is 6. The Hall–Kier alpha value is -3.14. The van der Waals surface area contributed by atoms with E-state index in [0.717, 1.165) is 5.56 Å². The minimum Gasteiger partial charge on any atom is -0.495 e. The third-order valence-corrected chi connectivity index (χ3v) is 7.69. The first-order chi connectivity index (χ1) is 15.4. The molecule has 6 heteroatoms. The Morgan fingerprint density at radius 3 is 2.69 bits per heavy atom. The van der Waals surface area contributed by atoms with Gasteiger partial charge in [0.1, 0.15) is 17.1 Å². The topological polar surface area (TPSA) is 95.6 Å². The minimum absolute atomic E-state index is 0.199. The van der Waals surface area contributed by atoms with Crippen molar-refractivity contribution in [2.24, 2.45) is 11.3 Å². The molecule has 1 unspecified atom stereocenters. The number of fused-ring (bicyclic) bond motifs is 3. The van der Waals surface area contributed by atoms with Crippen LogP contribution in [0.2, 0.25) is 0 Å². The number of pyridine rings is 1. The summed E-state index contributed by atoms with van der Waals surface area (Å²) in [4.78, 5) is 4.26. The van der Waals surface area contributed by atoms with Gasteiger partial charge in [-0.05, 0) is 24.5 Å². The highest BCUT2D eigenvalue weighted by molar-refractivity contribution is 5.58. The third-order valence-electron chi connectivity index (χ3n) is 7.69. The lowest BCUT2D eigenvalue weighted by atomic mass is 9.57. The maximum atomic E-state index is 12.7. The number of aliphatic hydroxyl groups is 2. The number of aromatic nitrogens is 1. The molecule has 2 aliphatic carbocycles. The van der Waals surface area contributed by atoms with Crippen molar-refractivity contribution in [1.29, 1.82) is 5.26 Å². The first kappa shape index (κ1) is 20.7. The largest absolute Gasteiger partial charge is 0.495 e. The zero-order chi connectivity index (χ0) is 22.6. The fourth-order valence-electron chi connectivity index (χ4n) is 6.24. The van der Waals surface area contributed by atoms with Crippen LogP contribution >= 0.6 is 0 Å². The van der Waals surface area contributed by atoms with E-state index in [1.54, 1.807) is 25.6 Å². The molecule has 1 aliphatic heterocycles. The summed E-state index contributed by atoms with van der Waals surface area (Å²) in [5.74, 6) is 0.220. The zero-order valence-corrected chi connectivity index (χ0v) is 18.2. The summed E-state index contributed by atoms with van der Waals surface area (Å²) in [7, 11) is 1.54. The smallest absolute Gasteiger partial charge is 0.158 e. The van der Waals surface area contributed by atoms with Crippen LogP contribution in [0, 0.1) is 22.7 Å². The van der Waals surface area contributed by atoms with Gasteiger partial charge in [-0.15, -0.1) is 0 Å². The molecule has 6 nitrogen and oxygen atoms in total. The van der Waals surface area contributed by atoms with Crippen LogP contribution in [-0.4, -0.2) is 34.5 Å². The molecule has 2 heterocycles. The van der Waals surface area contributed by atoms with Crippen molar-refractivity contribution in [2.45, 2.75) is 36.9 Å². The second kappa shape index (κ2) is 7.19. The fraction of sp³-hybridized carbons (Fsp3) is 0.385. The zero-order valence-electron chi connectivity index (χ0n) is 18.2. The van der Waals surface area contributed by atoms with Gasteiger partial charge in [0.05, 0.1) is 31.1 Å². The number of nitrogens with zero attached hydrogens (tertiary/aromatic N) is 2. The molecule has 5 rings (SSSR count). The van der Waals surface area contributed by atoms with Gasteiger partial charge in [0.2, 0.25) is 0 Å². The van der Waals surface area contributed by atoms with Crippen LogP contribution in [0.4, 0.5) is 0 Å². The van der Waals surface area contributed by atoms with Crippen molar-refractivity contribution in [2.75, 3.05) is 13.7 Å². The van der Waals surface area contributed by atoms with Gasteiger partial charge < -0.3 is 19.7 Å². The highest BCUT2D eigenvalue weighted by atomic mass is 16.5. The van der Waals surface area contributed by atoms with Crippen molar-refractivity contribution >= 4 is 0 Å². The molecular formula is C26H26N2O4. The van der Waals surface area contributed by atoms with Crippen molar-refractivity contribution in [1.82, 2.24) is 4.98 Å². The molecule has 1 fully saturated rings. The van der Waals surface area contributed by atoms with Gasteiger partial charge in [-0.25, -0.2) is 0 Å². The molecule has 2 N–H and O–H groups in total. The van der Waals surface area contributed by atoms with Crippen LogP contribution < -0.4 is 9.47 Å². The maximum Gasteiger partial charge on any atom is 0.158 e. The third kappa shape index (κ3) is 2.44. The van der Waals surface area contributed by atoms with Crippen LogP contribution in [0.5, 0.6) is 11.5 Å². The van der Waals surface area contributed by atoms with Gasteiger partial charge in [-0.1, -0.05) is 49.4 Å². The summed E-state index contributed by atoms with van der Waals surface area (Å²) >= 11 is 0. The van der Waals surface area contributed by atoms with Gasteiger partial charge in [0.15, 0.2) is 5.60 Å². The summed E-state index contributed by atoms with van der Waals surface area (Å²) in [6.45, 7) is 1.86. The number of aliphatic hydroxyl groups excluding tert-OH is 1. The van der Waals surface area contributed by atoms with Crippen LogP contribution in [0.25, 0.3) is 0 Å². The van der Waals surface area contributed by atoms with Crippen molar-refractivity contribution in [3.63, 3.8) is 0 Å². The van der Waals surface area contributed by atoms with E-state index in [1.165, 1.54) is 0 Å². The number of benzene rings is 1. The molecule has 0 spiro atoms. The average Bonchev–Trinajstić information content (AvgIpc) is 3.26. The van der Waals surface area contributed by atoms with E-state index < -0.39 is 22.5 Å². The van der Waals surface area contributed by atoms with Crippen molar-refractivity contribution < 1.29 is 19.7 Å². The maximum absolute atomic E-state index is 12.7. The molecule has 0 saturated heterocycles. The van der Waals surface area contributed by atoms with Gasteiger partial charge in [0.25, 0.3) is 0 Å². The Balaban J connectivity index is 1.81. The van der Waals surface area contributed by atoms with E-state index in [0.29, 0.717) is 35.5 Å². The normalized spacial score (nSPS) is 34.8. The molecule has 2 aromatic rings. The molecule has 1 aromatic carbocycles. The average molecular weight is 431 g/mol. The summed E-state index contributed by atoms with van der Waals surface area (Å²) in [6, 6.07) is 12.2. The first-order valence-electron chi connectivity index (χ1n) is 10.8. The molecule has 0 bridgehead atoms. The summed E-state index contributed by atoms with van der Waals surface area (Å²) in [5.41, 5.74) is -1.17. The number of hydrogen-bond donors (Lipinski definition) is 2. The molecule has 1 saturated carbocycles. The predicted molar refractivity (Wildman–Crippen MR) is 118 cm³/mol. The van der Waals surface area contributed by atoms with E-state index in [9.17, 15) is 15.5 Å². The van der Waals surface area contributed by atoms with E-state index in [2.05, 4.69) is 18.0 Å². The van der Waals surface area contributed by atoms with Crippen LogP contribution in [-0.2, 0) is 5.60 Å². The molecule has 164 valence electrons. The highest BCUT2D eigenvalue weighted by Gasteiger charge is 2.77. The van der Waals surface area contributed by atoms with E-state index in [1.807, 2.05) is 42.5 Å². The monoisotopic (exact) mass is 430 g/mol. The standard InChI is InChI=1S/C26H26N2O4/c1-24(10-8-17(13-27)9-11-24)26-20(18-6-4-3-5-7-18)12-19(16-29)25(26,30)23-21(31-2)14-28-15-22(23)32-26/h3-10,14-15,19-20,29-30H,11-12,16H2,1-2H3/t19-,20+,24?,25-,26-/m1/s1. The van der Waals surface area contributed by atoms with Crippen LogP contribution in [0.1, 0.15) is 36.8 Å². The molecule has 0 radical (unpaired) electrons. The SMILES string of the molecule is COc1cncc2c1[C@]1(O)[C@@H](CO)C[C@@H](c3ccccc3)[C@]1(C1(C)C=CC(C#N)=CC1)O2. The fourth-order valence-corrected chi connectivity index (χ4v) is 6.24. The number of methoxy groups -OCH3 is 1. The molecule has 3 aliphatic rings. The number of nitriles is 1. The van der Waals surface area contributed by atoms with Crippen LogP contribution in [0.3, 0.4) is 0 Å². The second-order valence-corrected chi connectivity index (χ2v) is 9.12. The predicted octanol–water partition coefficient (Wildman–Crippen LogP) is 3.62. The molecule has 0 amide bonds. The minimum atomic E-state index is -1.52. The van der Waals surface area contributed by atoms with Gasteiger partial charge in [-0.2, -0.15) is 5.26 Å². The summed E-state index contributed by atoms with van der Waals surface area (Å²) in [6.07, 6.45) is 9.92. The Bertz CT molecular complexity index is 1150. The molecule has 1 aromatic heterocycles. The van der Waals surface area contributed by atoms with Crippen molar-refractivity contribution in [3.05, 3.63) is 77.7 Å². The summed E-state index contributed by atoms with van der Waals surface area (Å²) in [5, 5.41) is 32.5. The Morgan fingerprint density at radius 1 is 1.28 bits per heavy atom. The van der Waals surface area contributed by atoms with E-state index in [-0.39, 0.29) is 12.5 Å². The molecule has 32 heavy (non-hydrogen) atoms. The quantitative estimate of drug-likeness (QED) is 0.769. The lowest BCUT2D eigenvalue weighted by Crippen LogP contribution is -2.62.